The minimum Gasteiger partial charge on any atom is -0.489 e. The SMILES string of the molecule is CC(C)CCNCc1ccccc1OCc1ccc(Cl)c(Cl)c1. The van der Waals surface area contributed by atoms with E-state index in [0.717, 1.165) is 30.0 Å². The van der Waals surface area contributed by atoms with Gasteiger partial charge >= 0.3 is 0 Å². The van der Waals surface area contributed by atoms with Gasteiger partial charge in [-0.05, 0) is 42.6 Å². The van der Waals surface area contributed by atoms with E-state index in [-0.39, 0.29) is 0 Å². The number of halogens is 2. The highest BCUT2D eigenvalue weighted by Gasteiger charge is 2.05. The first-order valence-electron chi connectivity index (χ1n) is 7.91. The molecule has 2 rings (SSSR count). The molecule has 0 aliphatic carbocycles. The van der Waals surface area contributed by atoms with Crippen LogP contribution in [0.1, 0.15) is 31.4 Å². The Balaban J connectivity index is 1.93. The van der Waals surface area contributed by atoms with Crippen molar-refractivity contribution in [3.05, 3.63) is 63.6 Å². The third-order valence-corrected chi connectivity index (χ3v) is 4.30. The van der Waals surface area contributed by atoms with Crippen molar-refractivity contribution in [1.29, 1.82) is 0 Å². The van der Waals surface area contributed by atoms with Crippen LogP contribution in [-0.2, 0) is 13.2 Å². The molecule has 0 saturated carbocycles. The lowest BCUT2D eigenvalue weighted by Crippen LogP contribution is -2.16. The van der Waals surface area contributed by atoms with E-state index in [1.54, 1.807) is 6.07 Å². The third-order valence-electron chi connectivity index (χ3n) is 3.56. The normalized spacial score (nSPS) is 11.0. The molecule has 2 aromatic carbocycles. The molecule has 0 saturated heterocycles. The number of rotatable bonds is 8. The van der Waals surface area contributed by atoms with Crippen molar-refractivity contribution < 1.29 is 4.74 Å². The molecule has 0 fully saturated rings. The molecule has 1 N–H and O–H groups in total. The highest BCUT2D eigenvalue weighted by molar-refractivity contribution is 6.42. The number of hydrogen-bond acceptors (Lipinski definition) is 2. The molecule has 0 bridgehead atoms. The molecule has 0 aliphatic rings. The van der Waals surface area contributed by atoms with Crippen molar-refractivity contribution in [2.75, 3.05) is 6.54 Å². The zero-order chi connectivity index (χ0) is 16.7. The van der Waals surface area contributed by atoms with Gasteiger partial charge in [-0.2, -0.15) is 0 Å². The fraction of sp³-hybridized carbons (Fsp3) is 0.368. The van der Waals surface area contributed by atoms with Crippen LogP contribution in [0.5, 0.6) is 5.75 Å². The maximum absolute atomic E-state index is 6.04. The van der Waals surface area contributed by atoms with E-state index < -0.39 is 0 Å². The minimum atomic E-state index is 0.472. The second-order valence-corrected chi connectivity index (χ2v) is 6.82. The Morgan fingerprint density at radius 2 is 1.83 bits per heavy atom. The van der Waals surface area contributed by atoms with Gasteiger partial charge in [-0.15, -0.1) is 0 Å². The molecule has 2 nitrogen and oxygen atoms in total. The van der Waals surface area contributed by atoms with Crippen molar-refractivity contribution in [2.24, 2.45) is 5.92 Å². The van der Waals surface area contributed by atoms with Gasteiger partial charge in [0.2, 0.25) is 0 Å². The van der Waals surface area contributed by atoms with E-state index in [4.69, 9.17) is 27.9 Å². The lowest BCUT2D eigenvalue weighted by Gasteiger charge is -2.13. The molecule has 0 unspecified atom stereocenters. The summed E-state index contributed by atoms with van der Waals surface area (Å²) in [4.78, 5) is 0. The fourth-order valence-electron chi connectivity index (χ4n) is 2.19. The van der Waals surface area contributed by atoms with E-state index in [1.165, 1.54) is 6.42 Å². The Kier molecular flexibility index (Phi) is 7.22. The summed E-state index contributed by atoms with van der Waals surface area (Å²) < 4.78 is 5.95. The Morgan fingerprint density at radius 3 is 2.57 bits per heavy atom. The van der Waals surface area contributed by atoms with Crippen LogP contribution < -0.4 is 10.1 Å². The molecule has 124 valence electrons. The van der Waals surface area contributed by atoms with E-state index in [0.29, 0.717) is 22.6 Å². The third kappa shape index (κ3) is 6.06. The number of benzene rings is 2. The Labute approximate surface area is 148 Å². The maximum Gasteiger partial charge on any atom is 0.124 e. The summed E-state index contributed by atoms with van der Waals surface area (Å²) in [5.41, 5.74) is 2.17. The standard InChI is InChI=1S/C19H23Cl2NO/c1-14(2)9-10-22-12-16-5-3-4-6-19(16)23-13-15-7-8-17(20)18(21)11-15/h3-8,11,14,22H,9-10,12-13H2,1-2H3. The first kappa shape index (κ1) is 18.1. The van der Waals surface area contributed by atoms with Crippen LogP contribution in [0.3, 0.4) is 0 Å². The molecule has 2 aromatic rings. The van der Waals surface area contributed by atoms with Crippen molar-refractivity contribution in [3.63, 3.8) is 0 Å². The van der Waals surface area contributed by atoms with Gasteiger partial charge in [0.05, 0.1) is 10.0 Å². The molecule has 0 atom stereocenters. The second-order valence-electron chi connectivity index (χ2n) is 6.00. The number of hydrogen-bond donors (Lipinski definition) is 1. The van der Waals surface area contributed by atoms with E-state index >= 15 is 0 Å². The topological polar surface area (TPSA) is 21.3 Å². The zero-order valence-corrected chi connectivity index (χ0v) is 15.1. The van der Waals surface area contributed by atoms with Crippen molar-refractivity contribution in [2.45, 2.75) is 33.4 Å². The largest absolute Gasteiger partial charge is 0.489 e. The molecule has 0 amide bonds. The van der Waals surface area contributed by atoms with Crippen LogP contribution in [0.15, 0.2) is 42.5 Å². The summed E-state index contributed by atoms with van der Waals surface area (Å²) in [6, 6.07) is 13.7. The van der Waals surface area contributed by atoms with E-state index in [2.05, 4.69) is 25.2 Å². The van der Waals surface area contributed by atoms with Gasteiger partial charge < -0.3 is 10.1 Å². The average Bonchev–Trinajstić information content (AvgIpc) is 2.53. The molecular formula is C19H23Cl2NO. The predicted molar refractivity (Wildman–Crippen MR) is 98.4 cm³/mol. The quantitative estimate of drug-likeness (QED) is 0.615. The zero-order valence-electron chi connectivity index (χ0n) is 13.6. The van der Waals surface area contributed by atoms with Crippen LogP contribution in [0.25, 0.3) is 0 Å². The molecule has 0 heterocycles. The summed E-state index contributed by atoms with van der Waals surface area (Å²) in [6.45, 7) is 6.76. The minimum absolute atomic E-state index is 0.472. The molecule has 0 spiro atoms. The average molecular weight is 352 g/mol. The fourth-order valence-corrected chi connectivity index (χ4v) is 2.52. The number of ether oxygens (including phenoxy) is 1. The molecular weight excluding hydrogens is 329 g/mol. The number of para-hydroxylation sites is 1. The van der Waals surface area contributed by atoms with Crippen LogP contribution in [0, 0.1) is 5.92 Å². The second kappa shape index (κ2) is 9.17. The summed E-state index contributed by atoms with van der Waals surface area (Å²) in [6.07, 6.45) is 1.17. The number of nitrogens with one attached hydrogen (secondary N) is 1. The van der Waals surface area contributed by atoms with Gasteiger partial charge in [-0.1, -0.05) is 61.3 Å². The molecule has 0 aliphatic heterocycles. The first-order valence-corrected chi connectivity index (χ1v) is 8.67. The van der Waals surface area contributed by atoms with E-state index in [9.17, 15) is 0 Å². The predicted octanol–water partition coefficient (Wildman–Crippen LogP) is 5.71. The lowest BCUT2D eigenvalue weighted by molar-refractivity contribution is 0.302. The van der Waals surface area contributed by atoms with Crippen LogP contribution in [-0.4, -0.2) is 6.54 Å². The summed E-state index contributed by atoms with van der Waals surface area (Å²) in [5.74, 6) is 1.61. The van der Waals surface area contributed by atoms with Crippen molar-refractivity contribution in [3.8, 4) is 5.75 Å². The van der Waals surface area contributed by atoms with Crippen LogP contribution in [0.2, 0.25) is 10.0 Å². The summed E-state index contributed by atoms with van der Waals surface area (Å²) >= 11 is 12.0. The van der Waals surface area contributed by atoms with Crippen LogP contribution >= 0.6 is 23.2 Å². The highest BCUT2D eigenvalue weighted by Crippen LogP contribution is 2.24. The van der Waals surface area contributed by atoms with Gasteiger partial charge in [-0.3, -0.25) is 0 Å². The Morgan fingerprint density at radius 1 is 1.04 bits per heavy atom. The molecule has 0 aromatic heterocycles. The Hall–Kier alpha value is -1.22. The van der Waals surface area contributed by atoms with Gasteiger partial charge in [0.15, 0.2) is 0 Å². The van der Waals surface area contributed by atoms with Crippen LogP contribution in [0.4, 0.5) is 0 Å². The van der Waals surface area contributed by atoms with Gasteiger partial charge in [0.1, 0.15) is 12.4 Å². The van der Waals surface area contributed by atoms with Gasteiger partial charge in [0, 0.05) is 12.1 Å². The monoisotopic (exact) mass is 351 g/mol. The first-order chi connectivity index (χ1) is 11.1. The summed E-state index contributed by atoms with van der Waals surface area (Å²) in [5, 5.41) is 4.58. The lowest BCUT2D eigenvalue weighted by atomic mass is 10.1. The molecule has 23 heavy (non-hydrogen) atoms. The van der Waals surface area contributed by atoms with Gasteiger partial charge in [-0.25, -0.2) is 0 Å². The molecule has 4 heteroatoms. The van der Waals surface area contributed by atoms with Gasteiger partial charge in [0.25, 0.3) is 0 Å². The maximum atomic E-state index is 6.04. The highest BCUT2D eigenvalue weighted by atomic mass is 35.5. The van der Waals surface area contributed by atoms with Crippen molar-refractivity contribution >= 4 is 23.2 Å². The summed E-state index contributed by atoms with van der Waals surface area (Å²) in [7, 11) is 0. The smallest absolute Gasteiger partial charge is 0.124 e. The van der Waals surface area contributed by atoms with Crippen molar-refractivity contribution in [1.82, 2.24) is 5.32 Å². The Bertz CT molecular complexity index is 629. The van der Waals surface area contributed by atoms with E-state index in [1.807, 2.05) is 30.3 Å². The molecule has 0 radical (unpaired) electrons.